The van der Waals surface area contributed by atoms with Gasteiger partial charge in [0.25, 0.3) is 0 Å². The molecule has 2 atom stereocenters. The first kappa shape index (κ1) is 21.2. The van der Waals surface area contributed by atoms with Crippen molar-refractivity contribution in [3.63, 3.8) is 0 Å². The Hall–Kier alpha value is -1.83. The summed E-state index contributed by atoms with van der Waals surface area (Å²) < 4.78 is 10.1. The highest BCUT2D eigenvalue weighted by molar-refractivity contribution is 5.85. The Morgan fingerprint density at radius 2 is 2.04 bits per heavy atom. The van der Waals surface area contributed by atoms with Crippen LogP contribution in [0.25, 0.3) is 0 Å². The van der Waals surface area contributed by atoms with Crippen molar-refractivity contribution in [1.82, 2.24) is 10.6 Å². The average Bonchev–Trinajstić information content (AvgIpc) is 3.04. The summed E-state index contributed by atoms with van der Waals surface area (Å²) >= 11 is 0. The summed E-state index contributed by atoms with van der Waals surface area (Å²) in [5, 5.41) is 15.2. The number of esters is 1. The lowest BCUT2D eigenvalue weighted by atomic mass is 10.1. The fourth-order valence-corrected chi connectivity index (χ4v) is 2.44. The van der Waals surface area contributed by atoms with Crippen LogP contribution in [0, 0.1) is 0 Å². The number of benzene rings is 1. The smallest absolute Gasteiger partial charge is 0.305 e. The third kappa shape index (κ3) is 7.29. The summed E-state index contributed by atoms with van der Waals surface area (Å²) in [6.45, 7) is 1.33. The van der Waals surface area contributed by atoms with E-state index in [2.05, 4.69) is 15.4 Å². The van der Waals surface area contributed by atoms with E-state index in [-0.39, 0.29) is 30.3 Å². The fourth-order valence-electron chi connectivity index (χ4n) is 2.44. The molecule has 0 bridgehead atoms. The Morgan fingerprint density at radius 3 is 2.64 bits per heavy atom. The van der Waals surface area contributed by atoms with Crippen LogP contribution in [-0.4, -0.2) is 49.4 Å². The third-order valence-corrected chi connectivity index (χ3v) is 3.84. The lowest BCUT2D eigenvalue weighted by Gasteiger charge is -2.11. The fraction of sp³-hybridized carbons (Fsp3) is 0.529. The average molecular weight is 373 g/mol. The molecule has 1 aliphatic heterocycles. The molecule has 1 aromatic carbocycles. The molecular weight excluding hydrogens is 348 g/mol. The van der Waals surface area contributed by atoms with Gasteiger partial charge >= 0.3 is 5.97 Å². The molecule has 0 spiro atoms. The first-order valence-corrected chi connectivity index (χ1v) is 8.06. The third-order valence-electron chi connectivity index (χ3n) is 3.84. The van der Waals surface area contributed by atoms with Gasteiger partial charge in [-0.25, -0.2) is 0 Å². The molecule has 0 aliphatic carbocycles. The van der Waals surface area contributed by atoms with E-state index in [1.807, 2.05) is 24.3 Å². The van der Waals surface area contributed by atoms with Crippen molar-refractivity contribution in [2.45, 2.75) is 38.0 Å². The molecule has 1 amide bonds. The lowest BCUT2D eigenvalue weighted by Crippen LogP contribution is -2.39. The van der Waals surface area contributed by atoms with E-state index in [1.165, 1.54) is 7.11 Å². The highest BCUT2D eigenvalue weighted by atomic mass is 35.5. The Labute approximate surface area is 153 Å². The van der Waals surface area contributed by atoms with Crippen molar-refractivity contribution < 1.29 is 24.2 Å². The number of methoxy groups -OCH3 is 1. The zero-order chi connectivity index (χ0) is 17.4. The summed E-state index contributed by atoms with van der Waals surface area (Å²) in [5.74, 6) is 0.374. The van der Waals surface area contributed by atoms with E-state index in [4.69, 9.17) is 4.74 Å². The maximum absolute atomic E-state index is 11.9. The summed E-state index contributed by atoms with van der Waals surface area (Å²) in [6, 6.07) is 7.10. The van der Waals surface area contributed by atoms with Crippen molar-refractivity contribution in [2.24, 2.45) is 0 Å². The number of nitrogens with one attached hydrogen (secondary N) is 2. The van der Waals surface area contributed by atoms with Crippen LogP contribution in [0.5, 0.6) is 5.75 Å². The van der Waals surface area contributed by atoms with Crippen LogP contribution in [0.15, 0.2) is 24.3 Å². The highest BCUT2D eigenvalue weighted by Crippen LogP contribution is 2.13. The van der Waals surface area contributed by atoms with E-state index < -0.39 is 6.10 Å². The topological polar surface area (TPSA) is 96.9 Å². The van der Waals surface area contributed by atoms with Gasteiger partial charge in [-0.2, -0.15) is 0 Å². The Bertz CT molecular complexity index is 552. The monoisotopic (exact) mass is 372 g/mol. The van der Waals surface area contributed by atoms with Crippen LogP contribution < -0.4 is 15.4 Å². The van der Waals surface area contributed by atoms with Gasteiger partial charge in [-0.15, -0.1) is 12.4 Å². The maximum atomic E-state index is 11.9. The van der Waals surface area contributed by atoms with Crippen molar-refractivity contribution in [1.29, 1.82) is 0 Å². The zero-order valence-electron chi connectivity index (χ0n) is 14.2. The second-order valence-corrected chi connectivity index (χ2v) is 5.74. The summed E-state index contributed by atoms with van der Waals surface area (Å²) in [6.07, 6.45) is 0.941. The number of β-amino-alcohol motifs (C(OH)–C–C–N with tert-alkyl or cyclic N) is 1. The molecule has 1 aliphatic rings. The molecule has 0 radical (unpaired) electrons. The quantitative estimate of drug-likeness (QED) is 0.461. The SMILES string of the molecule is COC(=O)CCCOc1ccc(CNC(=O)C2CC(O)CN2)cc1.Cl. The first-order chi connectivity index (χ1) is 11.6. The molecule has 140 valence electrons. The van der Waals surface area contributed by atoms with Gasteiger partial charge in [-0.3, -0.25) is 9.59 Å². The van der Waals surface area contributed by atoms with Crippen LogP contribution in [0.2, 0.25) is 0 Å². The van der Waals surface area contributed by atoms with Crippen LogP contribution in [0.3, 0.4) is 0 Å². The van der Waals surface area contributed by atoms with Crippen molar-refractivity contribution in [3.8, 4) is 5.75 Å². The number of halogens is 1. The van der Waals surface area contributed by atoms with Crippen LogP contribution in [-0.2, 0) is 20.9 Å². The van der Waals surface area contributed by atoms with Crippen molar-refractivity contribution in [3.05, 3.63) is 29.8 Å². The number of ether oxygens (including phenoxy) is 2. The molecule has 1 fully saturated rings. The van der Waals surface area contributed by atoms with Crippen LogP contribution in [0.1, 0.15) is 24.8 Å². The molecule has 1 saturated heterocycles. The predicted molar refractivity (Wildman–Crippen MR) is 94.7 cm³/mol. The van der Waals surface area contributed by atoms with Gasteiger partial charge in [-0.1, -0.05) is 12.1 Å². The summed E-state index contributed by atoms with van der Waals surface area (Å²) in [4.78, 5) is 22.9. The van der Waals surface area contributed by atoms with E-state index in [1.54, 1.807) is 0 Å². The standard InChI is InChI=1S/C17H24N2O5.ClH/c1-23-16(21)3-2-8-24-14-6-4-12(5-7-14)10-19-17(22)15-9-13(20)11-18-15;/h4-7,13,15,18,20H,2-3,8-11H2,1H3,(H,19,22);1H. The van der Waals surface area contributed by atoms with Gasteiger partial charge < -0.3 is 25.2 Å². The minimum Gasteiger partial charge on any atom is -0.494 e. The molecule has 2 rings (SSSR count). The Balaban J connectivity index is 0.00000312. The molecule has 3 N–H and O–H groups in total. The normalized spacial score (nSPS) is 19.0. The number of hydrogen-bond acceptors (Lipinski definition) is 6. The van der Waals surface area contributed by atoms with Gasteiger partial charge in [-0.05, 0) is 30.5 Å². The number of carbonyl (C=O) groups is 2. The molecule has 0 aromatic heterocycles. The number of rotatable bonds is 8. The van der Waals surface area contributed by atoms with Gasteiger partial charge in [0.15, 0.2) is 0 Å². The van der Waals surface area contributed by atoms with E-state index in [0.717, 1.165) is 11.3 Å². The molecule has 8 heteroatoms. The number of aliphatic hydroxyl groups excluding tert-OH is 1. The predicted octanol–water partition coefficient (Wildman–Crippen LogP) is 0.779. The largest absolute Gasteiger partial charge is 0.494 e. The zero-order valence-corrected chi connectivity index (χ0v) is 15.0. The minimum atomic E-state index is -0.448. The number of amides is 1. The summed E-state index contributed by atoms with van der Waals surface area (Å²) in [5.41, 5.74) is 0.962. The van der Waals surface area contributed by atoms with E-state index >= 15 is 0 Å². The van der Waals surface area contributed by atoms with Crippen molar-refractivity contribution >= 4 is 24.3 Å². The Kier molecular flexibility index (Phi) is 9.26. The van der Waals surface area contributed by atoms with Gasteiger partial charge in [0, 0.05) is 19.5 Å². The molecule has 25 heavy (non-hydrogen) atoms. The number of carbonyl (C=O) groups excluding carboxylic acids is 2. The van der Waals surface area contributed by atoms with Gasteiger partial charge in [0.05, 0.1) is 25.9 Å². The number of hydrogen-bond donors (Lipinski definition) is 3. The minimum absolute atomic E-state index is 0. The maximum Gasteiger partial charge on any atom is 0.305 e. The van der Waals surface area contributed by atoms with E-state index in [0.29, 0.717) is 39.0 Å². The molecule has 1 aromatic rings. The highest BCUT2D eigenvalue weighted by Gasteiger charge is 2.27. The molecule has 1 heterocycles. The molecule has 0 saturated carbocycles. The first-order valence-electron chi connectivity index (χ1n) is 8.06. The van der Waals surface area contributed by atoms with E-state index in [9.17, 15) is 14.7 Å². The van der Waals surface area contributed by atoms with Gasteiger partial charge in [0.1, 0.15) is 5.75 Å². The Morgan fingerprint density at radius 1 is 1.32 bits per heavy atom. The lowest BCUT2D eigenvalue weighted by molar-refractivity contribution is -0.140. The molecular formula is C17H25ClN2O5. The van der Waals surface area contributed by atoms with Crippen LogP contribution in [0.4, 0.5) is 0 Å². The molecule has 7 nitrogen and oxygen atoms in total. The van der Waals surface area contributed by atoms with Crippen LogP contribution >= 0.6 is 12.4 Å². The number of aliphatic hydroxyl groups is 1. The summed E-state index contributed by atoms with van der Waals surface area (Å²) in [7, 11) is 1.37. The molecule has 2 unspecified atom stereocenters. The second-order valence-electron chi connectivity index (χ2n) is 5.74. The van der Waals surface area contributed by atoms with Crippen molar-refractivity contribution in [2.75, 3.05) is 20.3 Å². The second kappa shape index (κ2) is 10.9. The van der Waals surface area contributed by atoms with Gasteiger partial charge in [0.2, 0.25) is 5.91 Å².